The van der Waals surface area contributed by atoms with E-state index in [0.29, 0.717) is 12.5 Å². The SMILES string of the molecule is CCC(C)c1ccc(CCN(C)C(=O)NN)cc1. The van der Waals surface area contributed by atoms with Crippen molar-refractivity contribution in [1.82, 2.24) is 10.3 Å². The Morgan fingerprint density at radius 1 is 1.39 bits per heavy atom. The lowest BCUT2D eigenvalue weighted by molar-refractivity contribution is 0.209. The fourth-order valence-electron chi connectivity index (χ4n) is 1.76. The highest BCUT2D eigenvalue weighted by Crippen LogP contribution is 2.18. The van der Waals surface area contributed by atoms with Crippen LogP contribution in [0.25, 0.3) is 0 Å². The quantitative estimate of drug-likeness (QED) is 0.478. The summed E-state index contributed by atoms with van der Waals surface area (Å²) in [5, 5.41) is 0. The summed E-state index contributed by atoms with van der Waals surface area (Å²) < 4.78 is 0. The lowest BCUT2D eigenvalue weighted by Gasteiger charge is -2.16. The molecule has 0 aliphatic heterocycles. The summed E-state index contributed by atoms with van der Waals surface area (Å²) in [7, 11) is 1.73. The lowest BCUT2D eigenvalue weighted by atomic mass is 9.97. The van der Waals surface area contributed by atoms with Gasteiger partial charge in [-0.05, 0) is 29.9 Å². The van der Waals surface area contributed by atoms with E-state index in [2.05, 4.69) is 43.5 Å². The molecule has 1 aromatic carbocycles. The molecule has 4 heteroatoms. The van der Waals surface area contributed by atoms with E-state index in [9.17, 15) is 4.79 Å². The molecule has 1 atom stereocenters. The van der Waals surface area contributed by atoms with Crippen molar-refractivity contribution < 1.29 is 4.79 Å². The van der Waals surface area contributed by atoms with Gasteiger partial charge in [-0.1, -0.05) is 38.1 Å². The molecule has 0 aromatic heterocycles. The van der Waals surface area contributed by atoms with Crippen LogP contribution in [-0.2, 0) is 6.42 Å². The zero-order valence-corrected chi connectivity index (χ0v) is 11.4. The number of urea groups is 1. The van der Waals surface area contributed by atoms with Crippen molar-refractivity contribution in [1.29, 1.82) is 0 Å². The maximum absolute atomic E-state index is 11.2. The van der Waals surface area contributed by atoms with Crippen LogP contribution < -0.4 is 11.3 Å². The maximum atomic E-state index is 11.2. The van der Waals surface area contributed by atoms with Gasteiger partial charge >= 0.3 is 6.03 Å². The Balaban J connectivity index is 2.51. The molecule has 1 unspecified atom stereocenters. The highest BCUT2D eigenvalue weighted by molar-refractivity contribution is 5.73. The Bertz CT molecular complexity index is 375. The number of carbonyl (C=O) groups is 1. The Morgan fingerprint density at radius 3 is 2.50 bits per heavy atom. The molecule has 0 bridgehead atoms. The number of hydrogen-bond acceptors (Lipinski definition) is 2. The van der Waals surface area contributed by atoms with Crippen LogP contribution in [0, 0.1) is 0 Å². The van der Waals surface area contributed by atoms with E-state index in [-0.39, 0.29) is 6.03 Å². The van der Waals surface area contributed by atoms with Crippen LogP contribution in [-0.4, -0.2) is 24.5 Å². The highest BCUT2D eigenvalue weighted by Gasteiger charge is 2.06. The summed E-state index contributed by atoms with van der Waals surface area (Å²) in [5.41, 5.74) is 4.72. The second kappa shape index (κ2) is 7.01. The molecule has 0 fully saturated rings. The third-order valence-electron chi connectivity index (χ3n) is 3.37. The Morgan fingerprint density at radius 2 is 2.00 bits per heavy atom. The summed E-state index contributed by atoms with van der Waals surface area (Å²) in [6, 6.07) is 8.36. The number of nitrogens with zero attached hydrogens (tertiary/aromatic N) is 1. The maximum Gasteiger partial charge on any atom is 0.331 e. The van der Waals surface area contributed by atoms with Crippen molar-refractivity contribution >= 4 is 6.03 Å². The van der Waals surface area contributed by atoms with Crippen LogP contribution in [0.3, 0.4) is 0 Å². The monoisotopic (exact) mass is 249 g/mol. The Hall–Kier alpha value is -1.55. The van der Waals surface area contributed by atoms with Crippen LogP contribution in [0.5, 0.6) is 0 Å². The zero-order chi connectivity index (χ0) is 13.5. The fourth-order valence-corrected chi connectivity index (χ4v) is 1.76. The molecule has 3 N–H and O–H groups in total. The molecular weight excluding hydrogens is 226 g/mol. The molecule has 2 amide bonds. The van der Waals surface area contributed by atoms with Crippen LogP contribution >= 0.6 is 0 Å². The second-order valence-electron chi connectivity index (χ2n) is 4.67. The van der Waals surface area contributed by atoms with E-state index < -0.39 is 0 Å². The molecule has 0 saturated heterocycles. The minimum atomic E-state index is -0.258. The molecule has 0 aliphatic carbocycles. The molecule has 0 saturated carbocycles. The minimum Gasteiger partial charge on any atom is -0.326 e. The van der Waals surface area contributed by atoms with Gasteiger partial charge < -0.3 is 4.90 Å². The van der Waals surface area contributed by atoms with Crippen molar-refractivity contribution in [3.05, 3.63) is 35.4 Å². The second-order valence-corrected chi connectivity index (χ2v) is 4.67. The number of hydrazine groups is 1. The number of benzene rings is 1. The third kappa shape index (κ3) is 4.04. The molecule has 100 valence electrons. The van der Waals surface area contributed by atoms with E-state index in [1.165, 1.54) is 11.1 Å². The number of likely N-dealkylation sites (N-methyl/N-ethyl adjacent to an activating group) is 1. The topological polar surface area (TPSA) is 58.4 Å². The van der Waals surface area contributed by atoms with E-state index in [1.54, 1.807) is 11.9 Å². The number of nitrogens with two attached hydrogens (primary N) is 1. The van der Waals surface area contributed by atoms with Crippen LogP contribution in [0.15, 0.2) is 24.3 Å². The first-order valence-corrected chi connectivity index (χ1v) is 6.39. The molecular formula is C14H23N3O. The number of hydrogen-bond donors (Lipinski definition) is 2. The van der Waals surface area contributed by atoms with Gasteiger partial charge in [0.25, 0.3) is 0 Å². The lowest BCUT2D eigenvalue weighted by Crippen LogP contribution is -2.41. The first-order valence-electron chi connectivity index (χ1n) is 6.39. The van der Waals surface area contributed by atoms with E-state index >= 15 is 0 Å². The number of nitrogens with one attached hydrogen (secondary N) is 1. The van der Waals surface area contributed by atoms with E-state index in [1.807, 2.05) is 0 Å². The Kier molecular flexibility index (Phi) is 5.65. The summed E-state index contributed by atoms with van der Waals surface area (Å²) in [6.45, 7) is 5.08. The molecule has 0 aliphatic rings. The third-order valence-corrected chi connectivity index (χ3v) is 3.37. The van der Waals surface area contributed by atoms with Gasteiger partial charge in [0.2, 0.25) is 0 Å². The standard InChI is InChI=1S/C14H23N3O/c1-4-11(2)13-7-5-12(6-8-13)9-10-17(3)14(18)16-15/h5-8,11H,4,9-10,15H2,1-3H3,(H,16,18). The molecule has 18 heavy (non-hydrogen) atoms. The van der Waals surface area contributed by atoms with Crippen molar-refractivity contribution in [2.75, 3.05) is 13.6 Å². The highest BCUT2D eigenvalue weighted by atomic mass is 16.2. The Labute approximate surface area is 109 Å². The van der Waals surface area contributed by atoms with Crippen molar-refractivity contribution in [3.8, 4) is 0 Å². The van der Waals surface area contributed by atoms with Crippen molar-refractivity contribution in [2.24, 2.45) is 5.84 Å². The van der Waals surface area contributed by atoms with Gasteiger partial charge in [0.15, 0.2) is 0 Å². The molecule has 0 spiro atoms. The number of rotatable bonds is 5. The van der Waals surface area contributed by atoms with Gasteiger partial charge in [-0.25, -0.2) is 10.6 Å². The normalized spacial score (nSPS) is 12.0. The van der Waals surface area contributed by atoms with E-state index in [4.69, 9.17) is 5.84 Å². The number of amides is 2. The van der Waals surface area contributed by atoms with Crippen LogP contribution in [0.1, 0.15) is 37.3 Å². The van der Waals surface area contributed by atoms with Crippen LogP contribution in [0.2, 0.25) is 0 Å². The number of carbonyl (C=O) groups excluding carboxylic acids is 1. The largest absolute Gasteiger partial charge is 0.331 e. The van der Waals surface area contributed by atoms with Gasteiger partial charge in [-0.3, -0.25) is 5.43 Å². The predicted molar refractivity (Wildman–Crippen MR) is 74.2 cm³/mol. The molecule has 4 nitrogen and oxygen atoms in total. The average Bonchev–Trinajstić information content (AvgIpc) is 2.43. The van der Waals surface area contributed by atoms with Crippen LogP contribution in [0.4, 0.5) is 4.79 Å². The van der Waals surface area contributed by atoms with Gasteiger partial charge in [-0.15, -0.1) is 0 Å². The first kappa shape index (κ1) is 14.5. The molecule has 0 radical (unpaired) electrons. The zero-order valence-electron chi connectivity index (χ0n) is 11.4. The summed E-state index contributed by atoms with van der Waals surface area (Å²) in [6.07, 6.45) is 1.99. The summed E-state index contributed by atoms with van der Waals surface area (Å²) >= 11 is 0. The summed E-state index contributed by atoms with van der Waals surface area (Å²) in [5.74, 6) is 5.67. The van der Waals surface area contributed by atoms with Gasteiger partial charge in [-0.2, -0.15) is 0 Å². The van der Waals surface area contributed by atoms with E-state index in [0.717, 1.165) is 12.8 Å². The molecule has 1 aromatic rings. The van der Waals surface area contributed by atoms with Crippen molar-refractivity contribution in [3.63, 3.8) is 0 Å². The average molecular weight is 249 g/mol. The van der Waals surface area contributed by atoms with Gasteiger partial charge in [0.05, 0.1) is 0 Å². The smallest absolute Gasteiger partial charge is 0.326 e. The predicted octanol–water partition coefficient (Wildman–Crippen LogP) is 2.26. The first-order chi connectivity index (χ1) is 8.58. The van der Waals surface area contributed by atoms with Gasteiger partial charge in [0.1, 0.15) is 0 Å². The minimum absolute atomic E-state index is 0.258. The summed E-state index contributed by atoms with van der Waals surface area (Å²) in [4.78, 5) is 12.8. The van der Waals surface area contributed by atoms with Gasteiger partial charge in [0, 0.05) is 13.6 Å². The molecule has 0 heterocycles. The fraction of sp³-hybridized carbons (Fsp3) is 0.500. The molecule has 1 rings (SSSR count). The van der Waals surface area contributed by atoms with Crippen molar-refractivity contribution in [2.45, 2.75) is 32.6 Å².